The highest BCUT2D eigenvalue weighted by atomic mass is 19.1. The molecule has 1 aliphatic rings. The van der Waals surface area contributed by atoms with E-state index in [0.29, 0.717) is 13.0 Å². The lowest BCUT2D eigenvalue weighted by molar-refractivity contribution is -0.384. The van der Waals surface area contributed by atoms with Crippen molar-refractivity contribution in [2.75, 3.05) is 11.4 Å². The van der Waals surface area contributed by atoms with Gasteiger partial charge in [0.2, 0.25) is 0 Å². The lowest BCUT2D eigenvalue weighted by atomic mass is 10.1. The monoisotopic (exact) mass is 268 g/mol. The number of carboxylic acid groups (broad SMARTS) is 1. The average Bonchev–Trinajstić information content (AvgIpc) is 2.75. The molecule has 6 nitrogen and oxygen atoms in total. The molecule has 1 atom stereocenters. The Morgan fingerprint density at radius 1 is 1.58 bits per heavy atom. The maximum Gasteiger partial charge on any atom is 0.305 e. The molecular formula is C12H13FN2O4. The molecule has 1 heterocycles. The molecule has 1 aromatic carbocycles. The molecule has 0 spiro atoms. The predicted molar refractivity (Wildman–Crippen MR) is 65.7 cm³/mol. The molecule has 0 aromatic heterocycles. The predicted octanol–water partition coefficient (Wildman–Crippen LogP) is 2.18. The first-order chi connectivity index (χ1) is 8.99. The van der Waals surface area contributed by atoms with E-state index in [1.165, 1.54) is 0 Å². The third-order valence-corrected chi connectivity index (χ3v) is 3.23. The number of nitro groups is 1. The van der Waals surface area contributed by atoms with Gasteiger partial charge in [0.05, 0.1) is 11.3 Å². The van der Waals surface area contributed by atoms with Gasteiger partial charge < -0.3 is 10.0 Å². The number of nitro benzene ring substituents is 1. The van der Waals surface area contributed by atoms with Crippen molar-refractivity contribution in [3.05, 3.63) is 34.1 Å². The molecule has 1 N–H and O–H groups in total. The fraction of sp³-hybridized carbons (Fsp3) is 0.417. The van der Waals surface area contributed by atoms with Gasteiger partial charge in [0.15, 0.2) is 0 Å². The molecule has 0 radical (unpaired) electrons. The molecule has 0 amide bonds. The number of nitrogens with zero attached hydrogens (tertiary/aromatic N) is 2. The number of aliphatic carboxylic acids is 1. The van der Waals surface area contributed by atoms with Gasteiger partial charge in [0, 0.05) is 24.7 Å². The van der Waals surface area contributed by atoms with Crippen LogP contribution < -0.4 is 4.90 Å². The minimum Gasteiger partial charge on any atom is -0.481 e. The highest BCUT2D eigenvalue weighted by Gasteiger charge is 2.31. The number of carbonyl (C=O) groups is 1. The van der Waals surface area contributed by atoms with Crippen LogP contribution in [0.1, 0.15) is 19.3 Å². The van der Waals surface area contributed by atoms with Crippen molar-refractivity contribution in [2.45, 2.75) is 25.3 Å². The van der Waals surface area contributed by atoms with Crippen molar-refractivity contribution in [2.24, 2.45) is 0 Å². The number of rotatable bonds is 4. The average molecular weight is 268 g/mol. The number of carboxylic acids is 1. The van der Waals surface area contributed by atoms with Crippen LogP contribution in [-0.4, -0.2) is 28.6 Å². The zero-order valence-corrected chi connectivity index (χ0v) is 10.1. The zero-order chi connectivity index (χ0) is 14.0. The summed E-state index contributed by atoms with van der Waals surface area (Å²) in [6, 6.07) is 2.92. The van der Waals surface area contributed by atoms with Crippen molar-refractivity contribution in [3.63, 3.8) is 0 Å². The summed E-state index contributed by atoms with van der Waals surface area (Å²) in [5.41, 5.74) is -0.0348. The zero-order valence-electron chi connectivity index (χ0n) is 10.1. The van der Waals surface area contributed by atoms with Gasteiger partial charge in [-0.15, -0.1) is 0 Å². The normalized spacial score (nSPS) is 18.6. The van der Waals surface area contributed by atoms with E-state index in [1.807, 2.05) is 0 Å². The van der Waals surface area contributed by atoms with Crippen molar-refractivity contribution in [1.82, 2.24) is 0 Å². The van der Waals surface area contributed by atoms with Crippen LogP contribution in [0.4, 0.5) is 15.8 Å². The molecule has 7 heteroatoms. The van der Waals surface area contributed by atoms with Crippen LogP contribution in [0, 0.1) is 15.9 Å². The van der Waals surface area contributed by atoms with Crippen molar-refractivity contribution in [3.8, 4) is 0 Å². The molecule has 2 rings (SSSR count). The molecule has 1 aliphatic heterocycles. The van der Waals surface area contributed by atoms with Crippen LogP contribution in [0.5, 0.6) is 0 Å². The van der Waals surface area contributed by atoms with Gasteiger partial charge in [0.1, 0.15) is 11.5 Å². The van der Waals surface area contributed by atoms with E-state index in [2.05, 4.69) is 0 Å². The van der Waals surface area contributed by atoms with Crippen molar-refractivity contribution < 1.29 is 19.2 Å². The van der Waals surface area contributed by atoms with Crippen LogP contribution in [0.15, 0.2) is 18.2 Å². The van der Waals surface area contributed by atoms with Gasteiger partial charge in [-0.05, 0) is 18.9 Å². The van der Waals surface area contributed by atoms with Crippen LogP contribution in [0.25, 0.3) is 0 Å². The second kappa shape index (κ2) is 5.21. The highest BCUT2D eigenvalue weighted by Crippen LogP contribution is 2.35. The Hall–Kier alpha value is -2.18. The van der Waals surface area contributed by atoms with Gasteiger partial charge in [-0.1, -0.05) is 0 Å². The van der Waals surface area contributed by atoms with Crippen molar-refractivity contribution >= 4 is 17.3 Å². The Kier molecular flexibility index (Phi) is 3.64. The topological polar surface area (TPSA) is 83.7 Å². The molecule has 0 bridgehead atoms. The summed E-state index contributed by atoms with van der Waals surface area (Å²) in [6.45, 7) is 0.502. The SMILES string of the molecule is O=C(O)CC1CCCN1c1cc(F)ccc1[N+](=O)[O-]. The third-order valence-electron chi connectivity index (χ3n) is 3.23. The van der Waals surface area contributed by atoms with Gasteiger partial charge in [0.25, 0.3) is 5.69 Å². The van der Waals surface area contributed by atoms with Crippen LogP contribution in [-0.2, 0) is 4.79 Å². The van der Waals surface area contributed by atoms with Crippen molar-refractivity contribution in [1.29, 1.82) is 0 Å². The van der Waals surface area contributed by atoms with Gasteiger partial charge in [-0.2, -0.15) is 0 Å². The molecule has 19 heavy (non-hydrogen) atoms. The molecule has 102 valence electrons. The first kappa shape index (κ1) is 13.3. The van der Waals surface area contributed by atoms with E-state index in [1.54, 1.807) is 4.90 Å². The molecule has 0 saturated carbocycles. The van der Waals surface area contributed by atoms with Crippen LogP contribution in [0.2, 0.25) is 0 Å². The second-order valence-electron chi connectivity index (χ2n) is 4.48. The Morgan fingerprint density at radius 3 is 2.95 bits per heavy atom. The summed E-state index contributed by atoms with van der Waals surface area (Å²) in [5, 5.41) is 19.8. The summed E-state index contributed by atoms with van der Waals surface area (Å²) in [6.07, 6.45) is 1.28. The van der Waals surface area contributed by atoms with Gasteiger partial charge >= 0.3 is 5.97 Å². The molecule has 1 saturated heterocycles. The van der Waals surface area contributed by atoms with E-state index in [0.717, 1.165) is 24.6 Å². The third kappa shape index (κ3) is 2.81. The van der Waals surface area contributed by atoms with Gasteiger partial charge in [-0.25, -0.2) is 4.39 Å². The first-order valence-corrected chi connectivity index (χ1v) is 5.91. The van der Waals surface area contributed by atoms with E-state index in [4.69, 9.17) is 5.11 Å². The maximum absolute atomic E-state index is 13.3. The molecule has 1 fully saturated rings. The fourth-order valence-electron chi connectivity index (χ4n) is 2.45. The smallest absolute Gasteiger partial charge is 0.305 e. The molecular weight excluding hydrogens is 255 g/mol. The Balaban J connectivity index is 2.36. The Labute approximate surface area is 108 Å². The number of halogens is 1. The minimum absolute atomic E-state index is 0.104. The second-order valence-corrected chi connectivity index (χ2v) is 4.48. The largest absolute Gasteiger partial charge is 0.481 e. The highest BCUT2D eigenvalue weighted by molar-refractivity contribution is 5.70. The summed E-state index contributed by atoms with van der Waals surface area (Å²) in [5.74, 6) is -1.53. The molecule has 1 aromatic rings. The number of benzene rings is 1. The van der Waals surface area contributed by atoms with E-state index in [-0.39, 0.29) is 23.8 Å². The van der Waals surface area contributed by atoms with E-state index < -0.39 is 16.7 Å². The number of hydrogen-bond donors (Lipinski definition) is 1. The Morgan fingerprint density at radius 2 is 2.32 bits per heavy atom. The lowest BCUT2D eigenvalue weighted by Crippen LogP contribution is -2.31. The first-order valence-electron chi connectivity index (χ1n) is 5.91. The maximum atomic E-state index is 13.3. The van der Waals surface area contributed by atoms with Gasteiger partial charge in [-0.3, -0.25) is 14.9 Å². The summed E-state index contributed by atoms with van der Waals surface area (Å²) < 4.78 is 13.3. The fourth-order valence-corrected chi connectivity index (χ4v) is 2.45. The summed E-state index contributed by atoms with van der Waals surface area (Å²) in [7, 11) is 0. The Bertz CT molecular complexity index is 520. The molecule has 0 aliphatic carbocycles. The number of anilines is 1. The quantitative estimate of drug-likeness (QED) is 0.668. The van der Waals surface area contributed by atoms with E-state index >= 15 is 0 Å². The lowest BCUT2D eigenvalue weighted by Gasteiger charge is -2.25. The van der Waals surface area contributed by atoms with E-state index in [9.17, 15) is 19.3 Å². The summed E-state index contributed by atoms with van der Waals surface area (Å²) >= 11 is 0. The number of hydrogen-bond acceptors (Lipinski definition) is 4. The standard InChI is InChI=1S/C12H13FN2O4/c13-8-3-4-10(15(18)19)11(6-8)14-5-1-2-9(14)7-12(16)17/h3-4,6,9H,1-2,5,7H2,(H,16,17). The van der Waals surface area contributed by atoms with Crippen LogP contribution >= 0.6 is 0 Å². The minimum atomic E-state index is -0.962. The van der Waals surface area contributed by atoms with Crippen LogP contribution in [0.3, 0.4) is 0 Å². The molecule has 1 unspecified atom stereocenters. The summed E-state index contributed by atoms with van der Waals surface area (Å²) in [4.78, 5) is 22.8.